The lowest BCUT2D eigenvalue weighted by molar-refractivity contribution is 0.318. The summed E-state index contributed by atoms with van der Waals surface area (Å²) >= 11 is 1.31. The summed E-state index contributed by atoms with van der Waals surface area (Å²) in [4.78, 5) is 5.06. The fraction of sp³-hybridized carbons (Fsp3) is 0.0769. The summed E-state index contributed by atoms with van der Waals surface area (Å²) in [6, 6.07) is 9.65. The zero-order valence-electron chi connectivity index (χ0n) is 10.2. The number of hydrogen-bond donors (Lipinski definition) is 2. The Morgan fingerprint density at radius 3 is 2.84 bits per heavy atom. The van der Waals surface area contributed by atoms with E-state index in [2.05, 4.69) is 10.1 Å². The lowest BCUT2D eigenvalue weighted by Gasteiger charge is -2.05. The molecular weight excluding hydrogens is 265 g/mol. The summed E-state index contributed by atoms with van der Waals surface area (Å²) in [6.07, 6.45) is 0. The smallest absolute Gasteiger partial charge is 0.170 e. The number of rotatable bonds is 3. The Bertz CT molecular complexity index is 631. The zero-order chi connectivity index (χ0) is 13.8. The van der Waals surface area contributed by atoms with Gasteiger partial charge in [0.15, 0.2) is 5.84 Å². The molecule has 1 aromatic heterocycles. The lowest BCUT2D eigenvalue weighted by atomic mass is 10.2. The molecule has 0 saturated carbocycles. The van der Waals surface area contributed by atoms with Crippen LogP contribution in [0.15, 0.2) is 51.5 Å². The highest BCUT2D eigenvalue weighted by molar-refractivity contribution is 7.99. The molecule has 0 atom stereocenters. The maximum Gasteiger partial charge on any atom is 0.170 e. The van der Waals surface area contributed by atoms with E-state index in [-0.39, 0.29) is 11.7 Å². The molecule has 6 heteroatoms. The van der Waals surface area contributed by atoms with Crippen molar-refractivity contribution in [2.24, 2.45) is 10.9 Å². The van der Waals surface area contributed by atoms with Crippen LogP contribution in [-0.2, 0) is 0 Å². The van der Waals surface area contributed by atoms with E-state index in [1.54, 1.807) is 24.3 Å². The topological polar surface area (TPSA) is 71.5 Å². The summed E-state index contributed by atoms with van der Waals surface area (Å²) in [7, 11) is 0. The molecule has 2 rings (SSSR count). The van der Waals surface area contributed by atoms with Gasteiger partial charge in [-0.15, -0.1) is 0 Å². The van der Waals surface area contributed by atoms with Crippen molar-refractivity contribution in [2.75, 3.05) is 0 Å². The Morgan fingerprint density at radius 2 is 2.16 bits per heavy atom. The second kappa shape index (κ2) is 5.71. The van der Waals surface area contributed by atoms with Crippen molar-refractivity contribution in [3.63, 3.8) is 0 Å². The molecule has 1 heterocycles. The van der Waals surface area contributed by atoms with Crippen molar-refractivity contribution in [1.82, 2.24) is 4.98 Å². The molecule has 0 radical (unpaired) electrons. The normalized spacial score (nSPS) is 11.6. The molecule has 0 amide bonds. The predicted octanol–water partition coefficient (Wildman–Crippen LogP) is 2.77. The molecule has 0 spiro atoms. The van der Waals surface area contributed by atoms with E-state index in [0.717, 1.165) is 10.6 Å². The minimum atomic E-state index is -0.297. The van der Waals surface area contributed by atoms with E-state index < -0.39 is 0 Å². The molecule has 98 valence electrons. The van der Waals surface area contributed by atoms with E-state index in [1.807, 2.05) is 6.92 Å². The van der Waals surface area contributed by atoms with Crippen LogP contribution in [0.25, 0.3) is 0 Å². The number of pyridine rings is 1. The molecule has 0 fully saturated rings. The molecule has 1 aromatic carbocycles. The number of aryl methyl sites for hydroxylation is 1. The molecule has 0 aliphatic heterocycles. The van der Waals surface area contributed by atoms with Gasteiger partial charge in [0, 0.05) is 16.2 Å². The van der Waals surface area contributed by atoms with Crippen LogP contribution in [0.2, 0.25) is 0 Å². The maximum absolute atomic E-state index is 13.1. The van der Waals surface area contributed by atoms with E-state index in [1.165, 1.54) is 23.9 Å². The standard InChI is InChI=1S/C13H12FN3OS/c1-8-5-9(13(15)17-18)6-12(16-8)19-11-4-2-3-10(14)7-11/h2-7,18H,1H3,(H2,15,17). The van der Waals surface area contributed by atoms with Crippen LogP contribution in [0.4, 0.5) is 4.39 Å². The highest BCUT2D eigenvalue weighted by Gasteiger charge is 2.06. The van der Waals surface area contributed by atoms with Gasteiger partial charge in [0.1, 0.15) is 10.8 Å². The first-order chi connectivity index (χ1) is 9.08. The van der Waals surface area contributed by atoms with Gasteiger partial charge in [-0.05, 0) is 37.3 Å². The number of benzene rings is 1. The van der Waals surface area contributed by atoms with Crippen molar-refractivity contribution in [2.45, 2.75) is 16.8 Å². The minimum Gasteiger partial charge on any atom is -0.409 e. The van der Waals surface area contributed by atoms with E-state index >= 15 is 0 Å². The van der Waals surface area contributed by atoms with Crippen molar-refractivity contribution in [3.05, 3.63) is 53.5 Å². The maximum atomic E-state index is 13.1. The molecule has 0 aliphatic rings. The third kappa shape index (κ3) is 3.45. The second-order valence-corrected chi connectivity index (χ2v) is 4.97. The molecule has 4 nitrogen and oxygen atoms in total. The second-order valence-electron chi connectivity index (χ2n) is 3.88. The van der Waals surface area contributed by atoms with Crippen molar-refractivity contribution < 1.29 is 9.60 Å². The quantitative estimate of drug-likeness (QED) is 0.391. The van der Waals surface area contributed by atoms with Gasteiger partial charge in [0.2, 0.25) is 0 Å². The summed E-state index contributed by atoms with van der Waals surface area (Å²) in [6.45, 7) is 1.81. The van der Waals surface area contributed by atoms with Gasteiger partial charge in [-0.1, -0.05) is 23.0 Å². The highest BCUT2D eigenvalue weighted by Crippen LogP contribution is 2.27. The average molecular weight is 277 g/mol. The zero-order valence-corrected chi connectivity index (χ0v) is 11.0. The van der Waals surface area contributed by atoms with Crippen LogP contribution in [0.5, 0.6) is 0 Å². The molecule has 0 unspecified atom stereocenters. The summed E-state index contributed by atoms with van der Waals surface area (Å²) in [5.41, 5.74) is 6.87. The molecular formula is C13H12FN3OS. The highest BCUT2D eigenvalue weighted by atomic mass is 32.2. The monoisotopic (exact) mass is 277 g/mol. The van der Waals surface area contributed by atoms with E-state index in [4.69, 9.17) is 10.9 Å². The Labute approximate surface area is 114 Å². The van der Waals surface area contributed by atoms with Crippen molar-refractivity contribution >= 4 is 17.6 Å². The van der Waals surface area contributed by atoms with Crippen LogP contribution in [0.3, 0.4) is 0 Å². The number of amidine groups is 1. The number of hydrogen-bond acceptors (Lipinski definition) is 4. The Morgan fingerprint density at radius 1 is 1.37 bits per heavy atom. The lowest BCUT2D eigenvalue weighted by Crippen LogP contribution is -2.13. The van der Waals surface area contributed by atoms with Crippen molar-refractivity contribution in [3.8, 4) is 0 Å². The number of halogens is 1. The minimum absolute atomic E-state index is 0.0200. The number of oxime groups is 1. The first kappa shape index (κ1) is 13.4. The fourth-order valence-electron chi connectivity index (χ4n) is 1.55. The first-order valence-corrected chi connectivity index (χ1v) is 6.30. The van der Waals surface area contributed by atoms with Crippen LogP contribution >= 0.6 is 11.8 Å². The van der Waals surface area contributed by atoms with Gasteiger partial charge in [0.25, 0.3) is 0 Å². The Hall–Kier alpha value is -2.08. The fourth-order valence-corrected chi connectivity index (χ4v) is 2.48. The molecule has 2 aromatic rings. The van der Waals surface area contributed by atoms with Crippen LogP contribution in [-0.4, -0.2) is 16.0 Å². The number of nitrogens with zero attached hydrogens (tertiary/aromatic N) is 2. The van der Waals surface area contributed by atoms with Crippen LogP contribution in [0, 0.1) is 12.7 Å². The molecule has 19 heavy (non-hydrogen) atoms. The SMILES string of the molecule is Cc1cc(/C(N)=N/O)cc(Sc2cccc(F)c2)n1. The molecule has 0 aliphatic carbocycles. The molecule has 3 N–H and O–H groups in total. The Kier molecular flexibility index (Phi) is 4.01. The van der Waals surface area contributed by atoms with Gasteiger partial charge >= 0.3 is 0 Å². The third-order valence-electron chi connectivity index (χ3n) is 2.35. The summed E-state index contributed by atoms with van der Waals surface area (Å²) in [5, 5.41) is 12.3. The number of aromatic nitrogens is 1. The van der Waals surface area contributed by atoms with Gasteiger partial charge in [-0.25, -0.2) is 9.37 Å². The first-order valence-electron chi connectivity index (χ1n) is 5.48. The molecule has 0 saturated heterocycles. The van der Waals surface area contributed by atoms with Crippen LogP contribution in [0.1, 0.15) is 11.3 Å². The van der Waals surface area contributed by atoms with E-state index in [9.17, 15) is 4.39 Å². The summed E-state index contributed by atoms with van der Waals surface area (Å²) in [5.74, 6) is -0.277. The van der Waals surface area contributed by atoms with Gasteiger partial charge < -0.3 is 10.9 Å². The third-order valence-corrected chi connectivity index (χ3v) is 3.26. The van der Waals surface area contributed by atoms with E-state index in [0.29, 0.717) is 10.6 Å². The number of nitrogens with two attached hydrogens (primary N) is 1. The van der Waals surface area contributed by atoms with Gasteiger partial charge in [0.05, 0.1) is 0 Å². The average Bonchev–Trinajstić information content (AvgIpc) is 2.37. The predicted molar refractivity (Wildman–Crippen MR) is 72.0 cm³/mol. The van der Waals surface area contributed by atoms with Gasteiger partial charge in [-0.3, -0.25) is 0 Å². The Balaban J connectivity index is 2.33. The van der Waals surface area contributed by atoms with Crippen LogP contribution < -0.4 is 5.73 Å². The molecule has 0 bridgehead atoms. The largest absolute Gasteiger partial charge is 0.409 e. The summed E-state index contributed by atoms with van der Waals surface area (Å²) < 4.78 is 13.1. The van der Waals surface area contributed by atoms with Crippen molar-refractivity contribution in [1.29, 1.82) is 0 Å². The van der Waals surface area contributed by atoms with Gasteiger partial charge in [-0.2, -0.15) is 0 Å².